The summed E-state index contributed by atoms with van der Waals surface area (Å²) in [5, 5.41) is 13.6. The number of benzene rings is 2. The third-order valence-corrected chi connectivity index (χ3v) is 3.89. The van der Waals surface area contributed by atoms with E-state index >= 15 is 0 Å². The van der Waals surface area contributed by atoms with Crippen molar-refractivity contribution in [2.24, 2.45) is 0 Å². The molecular formula is C15H10Cl4N2O4. The molecule has 1 atom stereocenters. The van der Waals surface area contributed by atoms with Crippen LogP contribution >= 0.6 is 46.4 Å². The van der Waals surface area contributed by atoms with Crippen LogP contribution in [0.4, 0.5) is 5.69 Å². The molecule has 0 aliphatic rings. The predicted molar refractivity (Wildman–Crippen MR) is 96.7 cm³/mol. The van der Waals surface area contributed by atoms with Gasteiger partial charge in [-0.2, -0.15) is 0 Å². The van der Waals surface area contributed by atoms with Crippen molar-refractivity contribution in [3.05, 3.63) is 69.2 Å². The van der Waals surface area contributed by atoms with Gasteiger partial charge in [0.05, 0.1) is 9.95 Å². The van der Waals surface area contributed by atoms with Crippen LogP contribution in [0.25, 0.3) is 0 Å². The topological polar surface area (TPSA) is 81.5 Å². The van der Waals surface area contributed by atoms with E-state index < -0.39 is 20.9 Å². The zero-order valence-corrected chi connectivity index (χ0v) is 15.3. The number of amides is 1. The summed E-state index contributed by atoms with van der Waals surface area (Å²) in [6, 6.07) is 11.8. The van der Waals surface area contributed by atoms with Gasteiger partial charge in [-0.3, -0.25) is 14.9 Å². The number of nitrogens with zero attached hydrogens (tertiary/aromatic N) is 1. The molecule has 6 nitrogen and oxygen atoms in total. The van der Waals surface area contributed by atoms with Gasteiger partial charge in [0.1, 0.15) is 11.3 Å². The van der Waals surface area contributed by atoms with E-state index in [4.69, 9.17) is 51.1 Å². The molecular weight excluding hydrogens is 414 g/mol. The lowest BCUT2D eigenvalue weighted by molar-refractivity contribution is -0.385. The molecule has 2 aromatic carbocycles. The molecule has 25 heavy (non-hydrogen) atoms. The number of nitro benzene ring substituents is 1. The Kier molecular flexibility index (Phi) is 6.35. The van der Waals surface area contributed by atoms with Crippen LogP contribution in [0.15, 0.2) is 48.5 Å². The van der Waals surface area contributed by atoms with E-state index in [2.05, 4.69) is 5.32 Å². The van der Waals surface area contributed by atoms with E-state index in [1.54, 1.807) is 18.2 Å². The van der Waals surface area contributed by atoms with Crippen LogP contribution in [0.3, 0.4) is 0 Å². The number of hydrogen-bond donors (Lipinski definition) is 1. The van der Waals surface area contributed by atoms with Gasteiger partial charge in [-0.15, -0.1) is 0 Å². The molecule has 0 saturated heterocycles. The van der Waals surface area contributed by atoms with Crippen molar-refractivity contribution >= 4 is 58.0 Å². The number of halogens is 4. The van der Waals surface area contributed by atoms with Crippen LogP contribution < -0.4 is 10.1 Å². The molecule has 2 aromatic rings. The first-order chi connectivity index (χ1) is 11.7. The van der Waals surface area contributed by atoms with Gasteiger partial charge in [0, 0.05) is 6.07 Å². The van der Waals surface area contributed by atoms with Gasteiger partial charge < -0.3 is 10.1 Å². The van der Waals surface area contributed by atoms with Crippen molar-refractivity contribution in [2.45, 2.75) is 10.0 Å². The molecule has 0 heterocycles. The smallest absolute Gasteiger partial charge is 0.282 e. The Labute approximate surface area is 162 Å². The summed E-state index contributed by atoms with van der Waals surface area (Å²) in [4.78, 5) is 22.8. The second kappa shape index (κ2) is 8.10. The molecule has 1 amide bonds. The van der Waals surface area contributed by atoms with Gasteiger partial charge in [0.25, 0.3) is 11.6 Å². The molecule has 0 aliphatic carbocycles. The summed E-state index contributed by atoms with van der Waals surface area (Å²) in [6.07, 6.45) is -1.44. The minimum atomic E-state index is -2.06. The van der Waals surface area contributed by atoms with Crippen molar-refractivity contribution in [2.75, 3.05) is 0 Å². The number of nitrogens with one attached hydrogen (secondary N) is 1. The van der Waals surface area contributed by atoms with Crippen molar-refractivity contribution in [3.63, 3.8) is 0 Å². The van der Waals surface area contributed by atoms with E-state index in [0.29, 0.717) is 0 Å². The number of para-hydroxylation sites is 2. The highest BCUT2D eigenvalue weighted by atomic mass is 35.6. The highest BCUT2D eigenvalue weighted by Crippen LogP contribution is 2.34. The number of alkyl halides is 3. The lowest BCUT2D eigenvalue weighted by Crippen LogP contribution is -2.48. The molecule has 0 radical (unpaired) electrons. The molecule has 2 rings (SSSR count). The molecule has 0 aliphatic heterocycles. The molecule has 1 N–H and O–H groups in total. The second-order valence-corrected chi connectivity index (χ2v) is 7.49. The average Bonchev–Trinajstić information content (AvgIpc) is 2.55. The largest absolute Gasteiger partial charge is 0.464 e. The summed E-state index contributed by atoms with van der Waals surface area (Å²) in [5.41, 5.74) is -0.588. The number of carbonyl (C=O) groups is 1. The molecule has 0 aromatic heterocycles. The van der Waals surface area contributed by atoms with Crippen molar-refractivity contribution in [1.29, 1.82) is 0 Å². The van der Waals surface area contributed by atoms with Crippen molar-refractivity contribution in [3.8, 4) is 5.75 Å². The highest BCUT2D eigenvalue weighted by Gasteiger charge is 2.37. The van der Waals surface area contributed by atoms with E-state index in [1.165, 1.54) is 30.3 Å². The number of hydrogen-bond acceptors (Lipinski definition) is 4. The molecule has 1 unspecified atom stereocenters. The maximum absolute atomic E-state index is 12.4. The number of ether oxygens (including phenoxy) is 1. The van der Waals surface area contributed by atoms with Gasteiger partial charge in [0.15, 0.2) is 0 Å². The Morgan fingerprint density at radius 2 is 1.72 bits per heavy atom. The van der Waals surface area contributed by atoms with Gasteiger partial charge in [0.2, 0.25) is 10.0 Å². The van der Waals surface area contributed by atoms with Crippen LogP contribution in [0, 0.1) is 10.1 Å². The lowest BCUT2D eigenvalue weighted by Gasteiger charge is -2.26. The Balaban J connectivity index is 2.28. The molecule has 0 bridgehead atoms. The summed E-state index contributed by atoms with van der Waals surface area (Å²) >= 11 is 23.5. The fraction of sp³-hybridized carbons (Fsp3) is 0.133. The van der Waals surface area contributed by atoms with Crippen LogP contribution in [0.1, 0.15) is 10.4 Å². The minimum Gasteiger partial charge on any atom is -0.464 e. The van der Waals surface area contributed by atoms with Crippen LogP contribution in [-0.2, 0) is 0 Å². The zero-order valence-electron chi connectivity index (χ0n) is 12.3. The first-order valence-electron chi connectivity index (χ1n) is 6.72. The fourth-order valence-electron chi connectivity index (χ4n) is 1.87. The average molecular weight is 424 g/mol. The monoisotopic (exact) mass is 422 g/mol. The van der Waals surface area contributed by atoms with E-state index in [-0.39, 0.29) is 22.0 Å². The van der Waals surface area contributed by atoms with Crippen LogP contribution in [-0.4, -0.2) is 20.9 Å². The Hall–Kier alpha value is -1.73. The van der Waals surface area contributed by atoms with E-state index in [1.807, 2.05) is 0 Å². The fourth-order valence-corrected chi connectivity index (χ4v) is 2.34. The first kappa shape index (κ1) is 19.6. The van der Waals surface area contributed by atoms with Gasteiger partial charge >= 0.3 is 0 Å². The summed E-state index contributed by atoms with van der Waals surface area (Å²) in [6.45, 7) is 0. The van der Waals surface area contributed by atoms with Crippen molar-refractivity contribution < 1.29 is 14.5 Å². The van der Waals surface area contributed by atoms with Gasteiger partial charge in [-0.25, -0.2) is 0 Å². The normalized spacial score (nSPS) is 12.3. The number of nitro groups is 1. The third kappa shape index (κ3) is 5.12. The molecule has 10 heteroatoms. The standard InChI is InChI=1S/C15H10Cl4N2O4/c16-10-6-2-4-8-12(10)25-14(15(17,18)19)20-13(22)9-5-1-3-7-11(9)21(23)24/h1-8,14H,(H,20,22). The second-order valence-electron chi connectivity index (χ2n) is 4.72. The minimum absolute atomic E-state index is 0.170. The molecule has 0 saturated carbocycles. The molecule has 0 spiro atoms. The SMILES string of the molecule is O=C(NC(Oc1ccccc1Cl)C(Cl)(Cl)Cl)c1ccccc1[N+](=O)[O-]. The number of rotatable bonds is 5. The first-order valence-corrected chi connectivity index (χ1v) is 8.23. The maximum Gasteiger partial charge on any atom is 0.282 e. The Bertz CT molecular complexity index is 795. The maximum atomic E-state index is 12.4. The lowest BCUT2D eigenvalue weighted by atomic mass is 10.1. The molecule has 132 valence electrons. The summed E-state index contributed by atoms with van der Waals surface area (Å²) < 4.78 is 3.42. The van der Waals surface area contributed by atoms with Gasteiger partial charge in [-0.05, 0) is 18.2 Å². The van der Waals surface area contributed by atoms with Crippen molar-refractivity contribution in [1.82, 2.24) is 5.32 Å². The molecule has 0 fully saturated rings. The van der Waals surface area contributed by atoms with Gasteiger partial charge in [-0.1, -0.05) is 70.7 Å². The highest BCUT2D eigenvalue weighted by molar-refractivity contribution is 6.68. The van der Waals surface area contributed by atoms with Crippen LogP contribution in [0.5, 0.6) is 5.75 Å². The summed E-state index contributed by atoms with van der Waals surface area (Å²) in [7, 11) is 0. The number of carbonyl (C=O) groups excluding carboxylic acids is 1. The van der Waals surface area contributed by atoms with E-state index in [9.17, 15) is 14.9 Å². The van der Waals surface area contributed by atoms with E-state index in [0.717, 1.165) is 0 Å². The predicted octanol–water partition coefficient (Wildman–Crippen LogP) is 4.75. The summed E-state index contributed by atoms with van der Waals surface area (Å²) in [5.74, 6) is -0.668. The quantitative estimate of drug-likeness (QED) is 0.325. The third-order valence-electron chi connectivity index (χ3n) is 2.99. The zero-order chi connectivity index (χ0) is 18.6. The van der Waals surface area contributed by atoms with Crippen LogP contribution in [0.2, 0.25) is 5.02 Å². The Morgan fingerprint density at radius 3 is 2.32 bits per heavy atom. The Morgan fingerprint density at radius 1 is 1.12 bits per heavy atom.